The fourth-order valence-electron chi connectivity index (χ4n) is 1.66. The normalized spacial score (nSPS) is 23.0. The van der Waals surface area contributed by atoms with Gasteiger partial charge in [0.1, 0.15) is 0 Å². The Morgan fingerprint density at radius 1 is 1.50 bits per heavy atom. The Hall–Kier alpha value is -0.160. The molecule has 1 rings (SSSR count). The van der Waals surface area contributed by atoms with Crippen LogP contribution in [0.25, 0.3) is 0 Å². The summed E-state index contributed by atoms with van der Waals surface area (Å²) >= 11 is 0. The summed E-state index contributed by atoms with van der Waals surface area (Å²) in [5, 5.41) is 7.88. The lowest BCUT2D eigenvalue weighted by Gasteiger charge is -2.39. The van der Waals surface area contributed by atoms with Gasteiger partial charge in [0, 0.05) is 32.7 Å². The monoisotopic (exact) mass is 172 g/mol. The standard InChI is InChI=1S/C8H20N4/c1-3-12(8(2)9)11-6-4-10-5-7-11/h8,10H,3-7,9H2,1-2H3. The second-order valence-corrected chi connectivity index (χ2v) is 3.20. The third-order valence-corrected chi connectivity index (χ3v) is 2.25. The molecule has 1 aliphatic rings. The minimum absolute atomic E-state index is 0.132. The van der Waals surface area contributed by atoms with Crippen LogP contribution in [-0.4, -0.2) is 48.9 Å². The first-order valence-corrected chi connectivity index (χ1v) is 4.73. The molecule has 3 N–H and O–H groups in total. The minimum atomic E-state index is 0.132. The van der Waals surface area contributed by atoms with Gasteiger partial charge in [-0.2, -0.15) is 0 Å². The Morgan fingerprint density at radius 2 is 2.08 bits per heavy atom. The number of nitrogens with zero attached hydrogens (tertiary/aromatic N) is 2. The van der Waals surface area contributed by atoms with Gasteiger partial charge in [0.2, 0.25) is 0 Å². The molecule has 4 heteroatoms. The molecular weight excluding hydrogens is 152 g/mol. The van der Waals surface area contributed by atoms with Crippen molar-refractivity contribution in [2.24, 2.45) is 5.73 Å². The first-order chi connectivity index (χ1) is 5.75. The van der Waals surface area contributed by atoms with Crippen LogP contribution in [0, 0.1) is 0 Å². The summed E-state index contributed by atoms with van der Waals surface area (Å²) in [6, 6.07) is 0. The summed E-state index contributed by atoms with van der Waals surface area (Å²) in [5.41, 5.74) is 5.84. The molecule has 0 aromatic carbocycles. The van der Waals surface area contributed by atoms with Crippen molar-refractivity contribution in [2.45, 2.75) is 20.0 Å². The van der Waals surface area contributed by atoms with Crippen LogP contribution >= 0.6 is 0 Å². The highest BCUT2D eigenvalue weighted by atomic mass is 15.7. The van der Waals surface area contributed by atoms with Crippen LogP contribution < -0.4 is 11.1 Å². The maximum Gasteiger partial charge on any atom is 0.0681 e. The number of nitrogens with two attached hydrogens (primary N) is 1. The molecule has 1 heterocycles. The van der Waals surface area contributed by atoms with Gasteiger partial charge in [-0.1, -0.05) is 6.92 Å². The van der Waals surface area contributed by atoms with Gasteiger partial charge in [0.05, 0.1) is 6.17 Å². The maximum atomic E-state index is 5.84. The highest BCUT2D eigenvalue weighted by Crippen LogP contribution is 2.01. The summed E-state index contributed by atoms with van der Waals surface area (Å²) in [6.45, 7) is 9.48. The lowest BCUT2D eigenvalue weighted by molar-refractivity contribution is -0.0574. The van der Waals surface area contributed by atoms with E-state index in [0.717, 1.165) is 32.7 Å². The van der Waals surface area contributed by atoms with E-state index < -0.39 is 0 Å². The van der Waals surface area contributed by atoms with E-state index in [2.05, 4.69) is 22.3 Å². The molecule has 0 aliphatic carbocycles. The Labute approximate surface area is 74.7 Å². The number of hydrogen-bond donors (Lipinski definition) is 2. The molecule has 0 amide bonds. The number of rotatable bonds is 3. The number of nitrogens with one attached hydrogen (secondary N) is 1. The number of hydrogen-bond acceptors (Lipinski definition) is 4. The van der Waals surface area contributed by atoms with Crippen LogP contribution in [0.3, 0.4) is 0 Å². The molecule has 4 nitrogen and oxygen atoms in total. The van der Waals surface area contributed by atoms with Gasteiger partial charge < -0.3 is 11.1 Å². The van der Waals surface area contributed by atoms with Gasteiger partial charge in [-0.15, -0.1) is 0 Å². The predicted molar refractivity (Wildman–Crippen MR) is 50.5 cm³/mol. The molecule has 1 atom stereocenters. The smallest absolute Gasteiger partial charge is 0.0681 e. The second kappa shape index (κ2) is 4.77. The highest BCUT2D eigenvalue weighted by molar-refractivity contribution is 4.67. The molecule has 1 saturated heterocycles. The van der Waals surface area contributed by atoms with Crippen molar-refractivity contribution < 1.29 is 0 Å². The summed E-state index contributed by atoms with van der Waals surface area (Å²) in [7, 11) is 0. The Balaban J connectivity index is 2.40. The van der Waals surface area contributed by atoms with Crippen LogP contribution in [0.15, 0.2) is 0 Å². The Morgan fingerprint density at radius 3 is 2.50 bits per heavy atom. The molecule has 0 bridgehead atoms. The summed E-state index contributed by atoms with van der Waals surface area (Å²) in [4.78, 5) is 0. The van der Waals surface area contributed by atoms with Crippen LogP contribution in [0.1, 0.15) is 13.8 Å². The molecular formula is C8H20N4. The average molecular weight is 172 g/mol. The van der Waals surface area contributed by atoms with Gasteiger partial charge in [0.25, 0.3) is 0 Å². The Kier molecular flexibility index (Phi) is 3.94. The molecule has 0 spiro atoms. The van der Waals surface area contributed by atoms with Crippen LogP contribution in [-0.2, 0) is 0 Å². The first kappa shape index (κ1) is 9.92. The molecule has 72 valence electrons. The quantitative estimate of drug-likeness (QED) is 0.560. The zero-order valence-electron chi connectivity index (χ0n) is 8.08. The molecule has 1 unspecified atom stereocenters. The van der Waals surface area contributed by atoms with Crippen LogP contribution in [0.5, 0.6) is 0 Å². The molecule has 1 aliphatic heterocycles. The van der Waals surface area contributed by atoms with E-state index in [-0.39, 0.29) is 6.17 Å². The third-order valence-electron chi connectivity index (χ3n) is 2.25. The van der Waals surface area contributed by atoms with E-state index in [1.54, 1.807) is 0 Å². The summed E-state index contributed by atoms with van der Waals surface area (Å²) in [5.74, 6) is 0. The van der Waals surface area contributed by atoms with Crippen molar-refractivity contribution in [2.75, 3.05) is 32.7 Å². The topological polar surface area (TPSA) is 44.5 Å². The van der Waals surface area contributed by atoms with Crippen LogP contribution in [0.2, 0.25) is 0 Å². The van der Waals surface area contributed by atoms with Crippen molar-refractivity contribution in [3.8, 4) is 0 Å². The van der Waals surface area contributed by atoms with Crippen LogP contribution in [0.4, 0.5) is 0 Å². The van der Waals surface area contributed by atoms with Crippen molar-refractivity contribution in [3.05, 3.63) is 0 Å². The fraction of sp³-hybridized carbons (Fsp3) is 1.00. The molecule has 0 aromatic rings. The molecule has 12 heavy (non-hydrogen) atoms. The molecule has 0 saturated carbocycles. The van der Waals surface area contributed by atoms with E-state index in [1.165, 1.54) is 0 Å². The van der Waals surface area contributed by atoms with E-state index in [9.17, 15) is 0 Å². The number of hydrazine groups is 1. The van der Waals surface area contributed by atoms with E-state index in [1.807, 2.05) is 6.92 Å². The zero-order chi connectivity index (χ0) is 8.97. The lowest BCUT2D eigenvalue weighted by atomic mass is 10.4. The first-order valence-electron chi connectivity index (χ1n) is 4.73. The predicted octanol–water partition coefficient (Wildman–Crippen LogP) is -0.567. The third kappa shape index (κ3) is 2.42. The van der Waals surface area contributed by atoms with Gasteiger partial charge in [-0.3, -0.25) is 0 Å². The largest absolute Gasteiger partial charge is 0.315 e. The Bertz CT molecular complexity index is 120. The zero-order valence-corrected chi connectivity index (χ0v) is 8.08. The van der Waals surface area contributed by atoms with Gasteiger partial charge in [-0.25, -0.2) is 10.0 Å². The average Bonchev–Trinajstić information content (AvgIpc) is 2.07. The van der Waals surface area contributed by atoms with E-state index >= 15 is 0 Å². The maximum absolute atomic E-state index is 5.84. The minimum Gasteiger partial charge on any atom is -0.315 e. The van der Waals surface area contributed by atoms with Gasteiger partial charge in [-0.05, 0) is 6.92 Å². The van der Waals surface area contributed by atoms with Crippen molar-refractivity contribution >= 4 is 0 Å². The molecule has 0 radical (unpaired) electrons. The summed E-state index contributed by atoms with van der Waals surface area (Å²) < 4.78 is 0. The number of piperazine rings is 1. The van der Waals surface area contributed by atoms with E-state index in [0.29, 0.717) is 0 Å². The summed E-state index contributed by atoms with van der Waals surface area (Å²) in [6.07, 6.45) is 0.132. The lowest BCUT2D eigenvalue weighted by Crippen LogP contribution is -2.57. The van der Waals surface area contributed by atoms with Gasteiger partial charge in [0.15, 0.2) is 0 Å². The van der Waals surface area contributed by atoms with E-state index in [4.69, 9.17) is 5.73 Å². The van der Waals surface area contributed by atoms with Crippen molar-refractivity contribution in [1.82, 2.24) is 15.3 Å². The SMILES string of the molecule is CCN(C(C)N)N1CCNCC1. The molecule has 0 aromatic heterocycles. The second-order valence-electron chi connectivity index (χ2n) is 3.20. The van der Waals surface area contributed by atoms with Crippen molar-refractivity contribution in [1.29, 1.82) is 0 Å². The fourth-order valence-corrected chi connectivity index (χ4v) is 1.66. The van der Waals surface area contributed by atoms with Gasteiger partial charge >= 0.3 is 0 Å². The van der Waals surface area contributed by atoms with Crippen molar-refractivity contribution in [3.63, 3.8) is 0 Å². The highest BCUT2D eigenvalue weighted by Gasteiger charge is 2.18. The molecule has 1 fully saturated rings.